The monoisotopic (exact) mass is 443 g/mol. The van der Waals surface area contributed by atoms with Gasteiger partial charge in [0.25, 0.3) is 5.70 Å². The lowest BCUT2D eigenvalue weighted by molar-refractivity contribution is 0.513. The Morgan fingerprint density at radius 3 is 1.94 bits per heavy atom. The van der Waals surface area contributed by atoms with Gasteiger partial charge in [0.15, 0.2) is 0 Å². The van der Waals surface area contributed by atoms with E-state index < -0.39 is 11.9 Å². The van der Waals surface area contributed by atoms with E-state index >= 15 is 0 Å². The first-order chi connectivity index (χ1) is 16.5. The molecular formula is C25H7F2N7. The average Bonchev–Trinajstić information content (AvgIpc) is 3.14. The smallest absolute Gasteiger partial charge is 0.245 e. The summed E-state index contributed by atoms with van der Waals surface area (Å²) in [5, 5.41) is 28.3. The molecule has 156 valence electrons. The zero-order chi connectivity index (χ0) is 24.0. The normalized spacial score (nSPS) is 12.6. The van der Waals surface area contributed by atoms with Gasteiger partial charge in [0.2, 0.25) is 11.9 Å². The van der Waals surface area contributed by atoms with Gasteiger partial charge in [-0.3, -0.25) is 0 Å². The van der Waals surface area contributed by atoms with Gasteiger partial charge in [0.05, 0.1) is 46.2 Å². The Bertz CT molecular complexity index is 1740. The quantitative estimate of drug-likeness (QED) is 0.207. The van der Waals surface area contributed by atoms with Gasteiger partial charge in [-0.15, -0.1) is 0 Å². The van der Waals surface area contributed by atoms with Crippen LogP contribution >= 0.6 is 0 Å². The topological polar surface area (TPSA) is 114 Å². The van der Waals surface area contributed by atoms with Gasteiger partial charge in [-0.1, -0.05) is 12.1 Å². The molecule has 9 heteroatoms. The number of nitrogens with zero attached hydrogens (tertiary/aromatic N) is 7. The molecule has 0 saturated heterocycles. The van der Waals surface area contributed by atoms with E-state index in [-0.39, 0.29) is 33.7 Å². The van der Waals surface area contributed by atoms with Gasteiger partial charge < -0.3 is 0 Å². The van der Waals surface area contributed by atoms with Crippen molar-refractivity contribution in [1.29, 1.82) is 15.8 Å². The summed E-state index contributed by atoms with van der Waals surface area (Å²) in [6.07, 6.45) is 0. The molecule has 0 radical (unpaired) electrons. The minimum absolute atomic E-state index is 0.125. The van der Waals surface area contributed by atoms with Gasteiger partial charge in [0, 0.05) is 23.3 Å². The maximum absolute atomic E-state index is 13.7. The number of benzene rings is 2. The molecule has 5 rings (SSSR count). The maximum Gasteiger partial charge on any atom is 0.271 e. The number of halogens is 2. The Labute approximate surface area is 190 Å². The molecule has 0 saturated carbocycles. The zero-order valence-electron chi connectivity index (χ0n) is 16.9. The molecule has 0 N–H and O–H groups in total. The van der Waals surface area contributed by atoms with Crippen molar-refractivity contribution in [3.8, 4) is 40.6 Å². The first-order valence-electron chi connectivity index (χ1n) is 9.64. The summed E-state index contributed by atoms with van der Waals surface area (Å²) in [4.78, 5) is 15.6. The van der Waals surface area contributed by atoms with Crippen LogP contribution in [0.5, 0.6) is 0 Å². The van der Waals surface area contributed by atoms with E-state index in [0.29, 0.717) is 33.4 Å². The second kappa shape index (κ2) is 7.57. The Morgan fingerprint density at radius 1 is 0.765 bits per heavy atom. The molecule has 0 spiro atoms. The van der Waals surface area contributed by atoms with E-state index in [2.05, 4.69) is 19.8 Å². The lowest BCUT2D eigenvalue weighted by atomic mass is 9.98. The van der Waals surface area contributed by atoms with E-state index in [4.69, 9.17) is 6.57 Å². The third-order valence-corrected chi connectivity index (χ3v) is 5.38. The highest BCUT2D eigenvalue weighted by Crippen LogP contribution is 2.46. The van der Waals surface area contributed by atoms with Crippen LogP contribution in [-0.2, 0) is 0 Å². The SMILES string of the molecule is [C-]#[N+]/C(C#N)=C1\c2cc(-c3cc(F)nc(F)c3)ccc2-c2nc3cc(C#N)c(C#N)cc3nc21. The molecule has 34 heavy (non-hydrogen) atoms. The van der Waals surface area contributed by atoms with Crippen molar-refractivity contribution in [2.45, 2.75) is 0 Å². The van der Waals surface area contributed by atoms with Crippen molar-refractivity contribution >= 4 is 16.6 Å². The lowest BCUT2D eigenvalue weighted by Crippen LogP contribution is -1.96. The summed E-state index contributed by atoms with van der Waals surface area (Å²) in [5.74, 6) is -1.96. The number of allylic oxidation sites excluding steroid dienone is 1. The van der Waals surface area contributed by atoms with Crippen LogP contribution in [0, 0.1) is 52.5 Å². The number of hydrogen-bond donors (Lipinski definition) is 0. The van der Waals surface area contributed by atoms with Gasteiger partial charge in [-0.2, -0.15) is 24.3 Å². The van der Waals surface area contributed by atoms with Crippen molar-refractivity contribution in [1.82, 2.24) is 15.0 Å². The third-order valence-electron chi connectivity index (χ3n) is 5.38. The van der Waals surface area contributed by atoms with E-state index in [1.54, 1.807) is 18.2 Å². The number of hydrogen-bond acceptors (Lipinski definition) is 6. The molecule has 4 aromatic rings. The molecular weight excluding hydrogens is 436 g/mol. The predicted molar refractivity (Wildman–Crippen MR) is 116 cm³/mol. The first-order valence-corrected chi connectivity index (χ1v) is 9.64. The molecule has 0 unspecified atom stereocenters. The van der Waals surface area contributed by atoms with Crippen LogP contribution in [0.3, 0.4) is 0 Å². The first kappa shape index (κ1) is 20.4. The average molecular weight is 443 g/mol. The van der Waals surface area contributed by atoms with Crippen molar-refractivity contribution in [2.24, 2.45) is 0 Å². The van der Waals surface area contributed by atoms with E-state index in [1.165, 1.54) is 12.1 Å². The fourth-order valence-corrected chi connectivity index (χ4v) is 3.92. The number of fused-ring (bicyclic) bond motifs is 4. The Kier molecular flexibility index (Phi) is 4.54. The summed E-state index contributed by atoms with van der Waals surface area (Å²) < 4.78 is 27.4. The number of nitriles is 3. The zero-order valence-corrected chi connectivity index (χ0v) is 16.9. The molecule has 1 aliphatic rings. The van der Waals surface area contributed by atoms with Gasteiger partial charge in [-0.05, 0) is 34.9 Å². The molecule has 0 aliphatic heterocycles. The van der Waals surface area contributed by atoms with Crippen molar-refractivity contribution in [3.63, 3.8) is 0 Å². The van der Waals surface area contributed by atoms with Crippen molar-refractivity contribution < 1.29 is 8.78 Å². The minimum Gasteiger partial charge on any atom is -0.245 e. The largest absolute Gasteiger partial charge is 0.271 e. The molecule has 1 aliphatic carbocycles. The Morgan fingerprint density at radius 2 is 1.38 bits per heavy atom. The summed E-state index contributed by atoms with van der Waals surface area (Å²) in [6.45, 7) is 7.47. The van der Waals surface area contributed by atoms with Gasteiger partial charge in [0.1, 0.15) is 12.1 Å². The third kappa shape index (κ3) is 3.02. The number of aromatic nitrogens is 3. The highest BCUT2D eigenvalue weighted by atomic mass is 19.1. The number of pyridine rings is 1. The molecule has 0 bridgehead atoms. The molecule has 7 nitrogen and oxygen atoms in total. The molecule has 2 aromatic carbocycles. The second-order valence-electron chi connectivity index (χ2n) is 7.24. The highest BCUT2D eigenvalue weighted by Gasteiger charge is 2.30. The Hall–Kier alpha value is -5.51. The molecule has 2 aromatic heterocycles. The van der Waals surface area contributed by atoms with Crippen LogP contribution in [0.15, 0.2) is 48.2 Å². The highest BCUT2D eigenvalue weighted by molar-refractivity contribution is 6.03. The minimum atomic E-state index is -0.982. The lowest BCUT2D eigenvalue weighted by Gasteiger charge is -2.07. The van der Waals surface area contributed by atoms with Crippen LogP contribution < -0.4 is 0 Å². The van der Waals surface area contributed by atoms with Crippen LogP contribution in [0.25, 0.3) is 43.8 Å². The van der Waals surface area contributed by atoms with Crippen LogP contribution in [-0.4, -0.2) is 15.0 Å². The fourth-order valence-electron chi connectivity index (χ4n) is 3.92. The summed E-state index contributed by atoms with van der Waals surface area (Å²) in [5.41, 5.74) is 3.31. The van der Waals surface area contributed by atoms with Crippen LogP contribution in [0.2, 0.25) is 0 Å². The van der Waals surface area contributed by atoms with Gasteiger partial charge >= 0.3 is 0 Å². The van der Waals surface area contributed by atoms with E-state index in [0.717, 1.165) is 12.1 Å². The van der Waals surface area contributed by atoms with Crippen LogP contribution in [0.1, 0.15) is 22.4 Å². The fraction of sp³-hybridized carbons (Fsp3) is 0. The summed E-state index contributed by atoms with van der Waals surface area (Å²) >= 11 is 0. The van der Waals surface area contributed by atoms with Crippen molar-refractivity contribution in [2.75, 3.05) is 0 Å². The molecule has 0 fully saturated rings. The standard InChI is InChI=1S/C25H7F2N7/c1-31-20(11-30)23-17-4-12(13-7-21(26)34-22(27)8-13)2-3-16(17)24-25(23)33-19-6-15(10-29)14(9-28)5-18(19)32-24/h2-8H/b23-20+. The summed E-state index contributed by atoms with van der Waals surface area (Å²) in [6, 6.07) is 15.7. The van der Waals surface area contributed by atoms with E-state index in [1.807, 2.05) is 18.2 Å². The molecule has 0 atom stereocenters. The second-order valence-corrected chi connectivity index (χ2v) is 7.24. The van der Waals surface area contributed by atoms with Crippen LogP contribution in [0.4, 0.5) is 8.78 Å². The molecule has 0 amide bonds. The summed E-state index contributed by atoms with van der Waals surface area (Å²) in [7, 11) is 0. The Balaban J connectivity index is 1.83. The van der Waals surface area contributed by atoms with Gasteiger partial charge in [-0.25, -0.2) is 20.1 Å². The molecule has 2 heterocycles. The maximum atomic E-state index is 13.7. The number of rotatable bonds is 1. The predicted octanol–water partition coefficient (Wildman–Crippen LogP) is 4.90. The van der Waals surface area contributed by atoms with Crippen molar-refractivity contribution in [3.05, 3.63) is 93.9 Å². The van der Waals surface area contributed by atoms with E-state index in [9.17, 15) is 24.6 Å².